The maximum Gasteiger partial charge on any atom is 0.293 e. The zero-order valence-electron chi connectivity index (χ0n) is 16.2. The molecule has 0 amide bonds. The van der Waals surface area contributed by atoms with Crippen molar-refractivity contribution in [3.05, 3.63) is 35.1 Å². The number of unbranched alkanes of at least 4 members (excludes halogenated alkanes) is 1. The van der Waals surface area contributed by atoms with Crippen molar-refractivity contribution in [2.45, 2.75) is 59.2 Å². The van der Waals surface area contributed by atoms with Crippen molar-refractivity contribution >= 4 is 5.82 Å². The van der Waals surface area contributed by atoms with E-state index < -0.39 is 0 Å². The summed E-state index contributed by atoms with van der Waals surface area (Å²) in [5.41, 5.74) is 3.50. The summed E-state index contributed by atoms with van der Waals surface area (Å²) in [5, 5.41) is 9.98. The minimum absolute atomic E-state index is 0.280. The van der Waals surface area contributed by atoms with Crippen LogP contribution < -0.4 is 9.88 Å². The molecule has 0 saturated carbocycles. The predicted molar refractivity (Wildman–Crippen MR) is 101 cm³/mol. The van der Waals surface area contributed by atoms with Crippen LogP contribution in [0.1, 0.15) is 57.2 Å². The number of nitrogens with zero attached hydrogens (tertiary/aromatic N) is 2. The molecule has 0 atom stereocenters. The normalized spacial score (nSPS) is 15.3. The van der Waals surface area contributed by atoms with Crippen molar-refractivity contribution < 1.29 is 14.1 Å². The molecule has 1 aliphatic rings. The van der Waals surface area contributed by atoms with Gasteiger partial charge in [0.1, 0.15) is 11.6 Å². The fourth-order valence-corrected chi connectivity index (χ4v) is 3.57. The van der Waals surface area contributed by atoms with Crippen molar-refractivity contribution in [1.29, 1.82) is 5.26 Å². The van der Waals surface area contributed by atoms with Crippen LogP contribution in [-0.4, -0.2) is 18.7 Å². The summed E-state index contributed by atoms with van der Waals surface area (Å²) in [7, 11) is 0. The maximum absolute atomic E-state index is 9.98. The Morgan fingerprint density at radius 2 is 2.12 bits per heavy atom. The Kier molecular flexibility index (Phi) is 5.33. The van der Waals surface area contributed by atoms with Gasteiger partial charge in [-0.15, -0.1) is 0 Å². The van der Waals surface area contributed by atoms with Gasteiger partial charge in [0.25, 0.3) is 5.82 Å². The number of aromatic amines is 1. The van der Waals surface area contributed by atoms with Gasteiger partial charge >= 0.3 is 0 Å². The number of nitrogens with one attached hydrogen (secondary N) is 1. The second-order valence-electron chi connectivity index (χ2n) is 7.43. The molecule has 5 nitrogen and oxygen atoms in total. The highest BCUT2D eigenvalue weighted by Crippen LogP contribution is 2.36. The van der Waals surface area contributed by atoms with Crippen LogP contribution in [-0.2, 0) is 17.8 Å². The fourth-order valence-electron chi connectivity index (χ4n) is 3.57. The zero-order valence-corrected chi connectivity index (χ0v) is 16.2. The molecule has 0 aromatic carbocycles. The molecule has 2 aromatic heterocycles. The van der Waals surface area contributed by atoms with Crippen LogP contribution in [0.2, 0.25) is 0 Å². The van der Waals surface area contributed by atoms with E-state index in [1.54, 1.807) is 6.26 Å². The molecule has 1 aliphatic heterocycles. The Balaban J connectivity index is 2.21. The van der Waals surface area contributed by atoms with E-state index in [0.29, 0.717) is 13.0 Å². The van der Waals surface area contributed by atoms with Crippen molar-refractivity contribution in [1.82, 2.24) is 0 Å². The number of fused-ring (bicyclic) bond motifs is 1. The van der Waals surface area contributed by atoms with Crippen molar-refractivity contribution in [3.8, 4) is 17.5 Å². The Bertz CT molecular complexity index is 804. The Morgan fingerprint density at radius 3 is 2.73 bits per heavy atom. The third kappa shape index (κ3) is 3.47. The molecule has 0 spiro atoms. The van der Waals surface area contributed by atoms with E-state index in [1.165, 1.54) is 0 Å². The zero-order chi connectivity index (χ0) is 18.7. The van der Waals surface area contributed by atoms with E-state index in [-0.39, 0.29) is 5.60 Å². The number of ether oxygens (including phenoxy) is 1. The smallest absolute Gasteiger partial charge is 0.293 e. The lowest BCUT2D eigenvalue weighted by atomic mass is 9.87. The third-order valence-electron chi connectivity index (χ3n) is 5.02. The molecule has 2 aromatic rings. The van der Waals surface area contributed by atoms with Crippen molar-refractivity contribution in [2.75, 3.05) is 18.0 Å². The predicted octanol–water partition coefficient (Wildman–Crippen LogP) is 4.11. The number of furan rings is 1. The molecular formula is C21H28N3O2+. The standard InChI is InChI=1S/C21H27N3O2/c1-5-7-10-24(6-2)20-16(13-22)15-12-21(3,4)26-14-17(15)19(23-20)18-9-8-11-25-18/h8-9,11H,5-7,10,12,14H2,1-4H3/p+1. The second-order valence-corrected chi connectivity index (χ2v) is 7.43. The first-order valence-electron chi connectivity index (χ1n) is 9.44. The molecule has 0 bridgehead atoms. The number of H-pyrrole nitrogens is 1. The molecule has 0 unspecified atom stereocenters. The quantitative estimate of drug-likeness (QED) is 0.783. The van der Waals surface area contributed by atoms with Gasteiger partial charge < -0.3 is 9.15 Å². The van der Waals surface area contributed by atoms with Gasteiger partial charge in [-0.1, -0.05) is 13.3 Å². The van der Waals surface area contributed by atoms with Gasteiger partial charge in [-0.25, -0.2) is 4.98 Å². The molecule has 3 heterocycles. The molecule has 0 radical (unpaired) electrons. The SMILES string of the molecule is CCCCN(CC)c1[nH+]c(-c2ccco2)c2c(c1C#N)CC(C)(C)OC2. The number of rotatable bonds is 6. The van der Waals surface area contributed by atoms with Gasteiger partial charge in [0, 0.05) is 12.0 Å². The minimum atomic E-state index is -0.280. The van der Waals surface area contributed by atoms with E-state index in [0.717, 1.165) is 59.9 Å². The first-order chi connectivity index (χ1) is 12.5. The summed E-state index contributed by atoms with van der Waals surface area (Å²) in [5.74, 6) is 1.67. The summed E-state index contributed by atoms with van der Waals surface area (Å²) in [6.45, 7) is 10.7. The lowest BCUT2D eigenvalue weighted by Gasteiger charge is -2.33. The number of hydrogen-bond acceptors (Lipinski definition) is 4. The first-order valence-corrected chi connectivity index (χ1v) is 9.44. The van der Waals surface area contributed by atoms with Crippen molar-refractivity contribution in [2.24, 2.45) is 0 Å². The molecular weight excluding hydrogens is 326 g/mol. The maximum atomic E-state index is 9.98. The Morgan fingerprint density at radius 1 is 1.31 bits per heavy atom. The molecule has 0 aliphatic carbocycles. The van der Waals surface area contributed by atoms with Gasteiger partial charge in [-0.3, -0.25) is 4.90 Å². The van der Waals surface area contributed by atoms with E-state index >= 15 is 0 Å². The van der Waals surface area contributed by atoms with Gasteiger partial charge in [-0.05, 0) is 44.9 Å². The fraction of sp³-hybridized carbons (Fsp3) is 0.524. The number of anilines is 1. The van der Waals surface area contributed by atoms with E-state index in [9.17, 15) is 5.26 Å². The van der Waals surface area contributed by atoms with Crippen LogP contribution in [0.25, 0.3) is 11.5 Å². The highest BCUT2D eigenvalue weighted by atomic mass is 16.5. The lowest BCUT2D eigenvalue weighted by molar-refractivity contribution is -0.353. The van der Waals surface area contributed by atoms with Crippen LogP contribution in [0.3, 0.4) is 0 Å². The third-order valence-corrected chi connectivity index (χ3v) is 5.02. The highest BCUT2D eigenvalue weighted by Gasteiger charge is 2.36. The molecule has 1 N–H and O–H groups in total. The first kappa shape index (κ1) is 18.5. The second kappa shape index (κ2) is 7.51. The van der Waals surface area contributed by atoms with Gasteiger partial charge in [0.05, 0.1) is 31.6 Å². The average Bonchev–Trinajstić information content (AvgIpc) is 3.15. The monoisotopic (exact) mass is 354 g/mol. The van der Waals surface area contributed by atoms with Crippen LogP contribution in [0.5, 0.6) is 0 Å². The lowest BCUT2D eigenvalue weighted by Crippen LogP contribution is -2.38. The highest BCUT2D eigenvalue weighted by molar-refractivity contribution is 5.65. The van der Waals surface area contributed by atoms with Crippen LogP contribution >= 0.6 is 0 Å². The molecule has 26 heavy (non-hydrogen) atoms. The Hall–Kier alpha value is -2.32. The number of pyridine rings is 1. The molecule has 0 fully saturated rings. The average molecular weight is 354 g/mol. The van der Waals surface area contributed by atoms with Gasteiger partial charge in [0.15, 0.2) is 11.5 Å². The molecule has 3 rings (SSSR count). The number of hydrogen-bond donors (Lipinski definition) is 0. The number of aromatic nitrogens is 1. The van der Waals surface area contributed by atoms with Gasteiger partial charge in [-0.2, -0.15) is 5.26 Å². The summed E-state index contributed by atoms with van der Waals surface area (Å²) >= 11 is 0. The molecule has 5 heteroatoms. The van der Waals surface area contributed by atoms with E-state index in [4.69, 9.17) is 9.15 Å². The van der Waals surface area contributed by atoms with Crippen LogP contribution in [0.15, 0.2) is 22.8 Å². The summed E-state index contributed by atoms with van der Waals surface area (Å²) in [4.78, 5) is 5.77. The largest absolute Gasteiger partial charge is 0.461 e. The minimum Gasteiger partial charge on any atom is -0.461 e. The summed E-state index contributed by atoms with van der Waals surface area (Å²) in [6.07, 6.45) is 4.60. The van der Waals surface area contributed by atoms with Gasteiger partial charge in [0.2, 0.25) is 0 Å². The van der Waals surface area contributed by atoms with E-state index in [1.807, 2.05) is 12.1 Å². The van der Waals surface area contributed by atoms with E-state index in [2.05, 4.69) is 43.6 Å². The van der Waals surface area contributed by atoms with Crippen LogP contribution in [0, 0.1) is 11.3 Å². The molecule has 0 saturated heterocycles. The van der Waals surface area contributed by atoms with Crippen molar-refractivity contribution in [3.63, 3.8) is 0 Å². The van der Waals surface area contributed by atoms with Crippen LogP contribution in [0.4, 0.5) is 5.82 Å². The number of nitriles is 1. The summed E-state index contributed by atoms with van der Waals surface area (Å²) in [6, 6.07) is 6.30. The molecule has 138 valence electrons. The Labute approximate surface area is 155 Å². The topological polar surface area (TPSA) is 63.5 Å². The summed E-state index contributed by atoms with van der Waals surface area (Å²) < 4.78 is 11.7.